The molecule has 0 radical (unpaired) electrons. The lowest BCUT2D eigenvalue weighted by Crippen LogP contribution is -2.53. The molecule has 5 nitrogen and oxygen atoms in total. The van der Waals surface area contributed by atoms with E-state index in [9.17, 15) is 13.2 Å². The van der Waals surface area contributed by atoms with Crippen LogP contribution in [-0.2, 0) is 6.42 Å². The van der Waals surface area contributed by atoms with Crippen molar-refractivity contribution in [2.75, 3.05) is 29.9 Å². The predicted octanol–water partition coefficient (Wildman–Crippen LogP) is 5.43. The highest BCUT2D eigenvalue weighted by atomic mass is 19.4. The number of aromatic nitrogens is 1. The molecule has 0 saturated carbocycles. The summed E-state index contributed by atoms with van der Waals surface area (Å²) in [5, 5.41) is 14.9. The second kappa shape index (κ2) is 9.06. The van der Waals surface area contributed by atoms with E-state index < -0.39 is 12.6 Å². The Labute approximate surface area is 186 Å². The molecule has 8 heteroatoms. The summed E-state index contributed by atoms with van der Waals surface area (Å²) in [4.78, 5) is 6.63. The van der Waals surface area contributed by atoms with E-state index in [0.717, 1.165) is 18.8 Å². The molecule has 1 fully saturated rings. The van der Waals surface area contributed by atoms with Gasteiger partial charge in [0.2, 0.25) is 0 Å². The van der Waals surface area contributed by atoms with Crippen LogP contribution in [0.5, 0.6) is 0 Å². The lowest BCUT2D eigenvalue weighted by molar-refractivity contribution is -0.127. The minimum atomic E-state index is -4.25. The van der Waals surface area contributed by atoms with Crippen molar-refractivity contribution in [1.82, 2.24) is 10.3 Å². The van der Waals surface area contributed by atoms with Crippen LogP contribution in [0.1, 0.15) is 25.0 Å². The Hall–Kier alpha value is -3.29. The van der Waals surface area contributed by atoms with Crippen LogP contribution in [0.15, 0.2) is 61.5 Å². The average molecular weight is 444 g/mol. The lowest BCUT2D eigenvalue weighted by Gasteiger charge is -2.48. The third-order valence-electron chi connectivity index (χ3n) is 5.17. The van der Waals surface area contributed by atoms with Crippen LogP contribution in [0, 0.1) is 10.8 Å². The highest BCUT2D eigenvalue weighted by molar-refractivity contribution is 6.09. The van der Waals surface area contributed by atoms with Crippen LogP contribution in [0.2, 0.25) is 0 Å². The monoisotopic (exact) mass is 443 g/mol. The summed E-state index contributed by atoms with van der Waals surface area (Å²) < 4.78 is 37.9. The van der Waals surface area contributed by atoms with Crippen molar-refractivity contribution in [2.24, 2.45) is 5.41 Å². The molecule has 0 bridgehead atoms. The molecule has 0 atom stereocenters. The molecule has 0 aliphatic carbocycles. The molecule has 0 spiro atoms. The molecule has 3 N–H and O–H groups in total. The van der Waals surface area contributed by atoms with Crippen molar-refractivity contribution in [3.8, 4) is 0 Å². The van der Waals surface area contributed by atoms with Gasteiger partial charge in [0.25, 0.3) is 0 Å². The minimum absolute atomic E-state index is 0.188. The number of hydrogen-bond acceptors (Lipinski definition) is 5. The number of anilines is 3. The Morgan fingerprint density at radius 2 is 1.88 bits per heavy atom. The maximum Gasteiger partial charge on any atom is 0.393 e. The maximum atomic E-state index is 12.6. The number of halogens is 3. The van der Waals surface area contributed by atoms with Gasteiger partial charge in [-0.05, 0) is 35.3 Å². The fraction of sp³-hybridized carbons (Fsp3) is 0.333. The number of benzene rings is 1. The zero-order valence-electron chi connectivity index (χ0n) is 18.3. The highest BCUT2D eigenvalue weighted by Crippen LogP contribution is 2.37. The summed E-state index contributed by atoms with van der Waals surface area (Å²) >= 11 is 0. The number of alkyl halides is 3. The zero-order chi connectivity index (χ0) is 23.5. The Balaban J connectivity index is 1.88. The normalized spacial score (nSPS) is 15.0. The number of pyridine rings is 1. The van der Waals surface area contributed by atoms with Crippen LogP contribution >= 0.6 is 0 Å². The molecule has 0 unspecified atom stereocenters. The summed E-state index contributed by atoms with van der Waals surface area (Å²) in [7, 11) is 0. The maximum absolute atomic E-state index is 12.6. The first-order valence-corrected chi connectivity index (χ1v) is 10.3. The summed E-state index contributed by atoms with van der Waals surface area (Å²) in [6.45, 7) is 13.8. The summed E-state index contributed by atoms with van der Waals surface area (Å²) in [5.41, 5.74) is 3.45. The molecule has 1 aromatic heterocycles. The molecular formula is C24H28F3N5. The topological polar surface area (TPSA) is 64.0 Å². The van der Waals surface area contributed by atoms with Crippen LogP contribution in [0.3, 0.4) is 0 Å². The van der Waals surface area contributed by atoms with Gasteiger partial charge in [-0.15, -0.1) is 0 Å². The third-order valence-corrected chi connectivity index (χ3v) is 5.17. The smallest absolute Gasteiger partial charge is 0.380 e. The van der Waals surface area contributed by atoms with Crippen LogP contribution < -0.4 is 15.5 Å². The summed E-state index contributed by atoms with van der Waals surface area (Å²) in [6, 6.07) is 7.95. The summed E-state index contributed by atoms with van der Waals surface area (Å²) in [6.07, 6.45) is -1.97. The SMILES string of the molecule is C=CC(=C)NCC(=N)c1c(N2CC(C)(C)C2)ccnc1Nc1ccc(CC(F)(F)F)cc1. The molecular weight excluding hydrogens is 415 g/mol. The second-order valence-electron chi connectivity index (χ2n) is 8.75. The predicted molar refractivity (Wildman–Crippen MR) is 124 cm³/mol. The molecule has 2 aromatic rings. The Bertz CT molecular complexity index is 1000. The van der Waals surface area contributed by atoms with Gasteiger partial charge in [0.15, 0.2) is 0 Å². The average Bonchev–Trinajstić information content (AvgIpc) is 2.70. The second-order valence-corrected chi connectivity index (χ2v) is 8.75. The van der Waals surface area contributed by atoms with Gasteiger partial charge in [-0.1, -0.05) is 39.1 Å². The van der Waals surface area contributed by atoms with E-state index in [0.29, 0.717) is 28.5 Å². The van der Waals surface area contributed by atoms with Crippen LogP contribution in [-0.4, -0.2) is 36.5 Å². The van der Waals surface area contributed by atoms with Gasteiger partial charge >= 0.3 is 6.18 Å². The van der Waals surface area contributed by atoms with Crippen molar-refractivity contribution in [3.63, 3.8) is 0 Å². The van der Waals surface area contributed by atoms with Crippen molar-refractivity contribution in [1.29, 1.82) is 5.41 Å². The fourth-order valence-electron chi connectivity index (χ4n) is 3.70. The van der Waals surface area contributed by atoms with E-state index in [-0.39, 0.29) is 17.5 Å². The van der Waals surface area contributed by atoms with Crippen molar-refractivity contribution >= 4 is 22.9 Å². The van der Waals surface area contributed by atoms with Crippen LogP contribution in [0.4, 0.5) is 30.4 Å². The Morgan fingerprint density at radius 1 is 1.22 bits per heavy atom. The first-order chi connectivity index (χ1) is 15.0. The zero-order valence-corrected chi connectivity index (χ0v) is 18.3. The van der Waals surface area contributed by atoms with Gasteiger partial charge in [-0.3, -0.25) is 0 Å². The molecule has 170 valence electrons. The van der Waals surface area contributed by atoms with E-state index in [1.165, 1.54) is 12.1 Å². The third kappa shape index (κ3) is 5.90. The number of nitrogens with one attached hydrogen (secondary N) is 3. The number of nitrogens with zero attached hydrogens (tertiary/aromatic N) is 2. The Morgan fingerprint density at radius 3 is 2.44 bits per heavy atom. The van der Waals surface area contributed by atoms with Crippen molar-refractivity contribution < 1.29 is 13.2 Å². The van der Waals surface area contributed by atoms with E-state index in [4.69, 9.17) is 5.41 Å². The molecule has 1 aliphatic heterocycles. The fourth-order valence-corrected chi connectivity index (χ4v) is 3.70. The van der Waals surface area contributed by atoms with Gasteiger partial charge in [-0.25, -0.2) is 4.98 Å². The molecule has 1 aliphatic rings. The van der Waals surface area contributed by atoms with Crippen molar-refractivity contribution in [3.05, 3.63) is 72.6 Å². The first-order valence-electron chi connectivity index (χ1n) is 10.3. The standard InChI is InChI=1S/C24H28F3N5/c1-5-16(2)30-13-19(28)21-20(32-14-23(3,4)15-32)10-11-29-22(21)31-18-8-6-17(7-9-18)12-24(25,26)27/h5-11,28,30H,1-2,12-15H2,3-4H3,(H,29,31). The van der Waals surface area contributed by atoms with Gasteiger partial charge < -0.3 is 20.9 Å². The first kappa shape index (κ1) is 23.4. The van der Waals surface area contributed by atoms with Gasteiger partial charge in [0.05, 0.1) is 29.9 Å². The molecule has 3 rings (SSSR count). The highest BCUT2D eigenvalue weighted by Gasteiger charge is 2.36. The molecule has 1 aromatic carbocycles. The van der Waals surface area contributed by atoms with E-state index in [2.05, 4.69) is 47.5 Å². The Kier molecular flexibility index (Phi) is 6.62. The number of allylic oxidation sites excluding steroid dienone is 1. The number of hydrogen-bond donors (Lipinski definition) is 3. The van der Waals surface area contributed by atoms with E-state index >= 15 is 0 Å². The van der Waals surface area contributed by atoms with Gasteiger partial charge in [0.1, 0.15) is 5.82 Å². The van der Waals surface area contributed by atoms with E-state index in [1.54, 1.807) is 24.4 Å². The minimum Gasteiger partial charge on any atom is -0.380 e. The van der Waals surface area contributed by atoms with E-state index in [1.807, 2.05) is 6.07 Å². The van der Waals surface area contributed by atoms with Gasteiger partial charge in [0, 0.05) is 30.7 Å². The lowest BCUT2D eigenvalue weighted by atomic mass is 9.83. The van der Waals surface area contributed by atoms with Crippen LogP contribution in [0.25, 0.3) is 0 Å². The number of rotatable bonds is 9. The molecule has 32 heavy (non-hydrogen) atoms. The summed E-state index contributed by atoms with van der Waals surface area (Å²) in [5.74, 6) is 0.479. The largest absolute Gasteiger partial charge is 0.393 e. The molecule has 0 amide bonds. The van der Waals surface area contributed by atoms with Gasteiger partial charge in [-0.2, -0.15) is 13.2 Å². The van der Waals surface area contributed by atoms with Crippen molar-refractivity contribution in [2.45, 2.75) is 26.4 Å². The molecule has 1 saturated heterocycles. The molecule has 2 heterocycles. The quantitative estimate of drug-likeness (QED) is 0.357.